The van der Waals surface area contributed by atoms with Crippen molar-refractivity contribution in [1.82, 2.24) is 0 Å². The molecule has 3 heteroatoms. The molecule has 0 aliphatic carbocycles. The Morgan fingerprint density at radius 3 is 1.79 bits per heavy atom. The zero-order valence-electron chi connectivity index (χ0n) is 28.7. The normalized spacial score (nSPS) is 11.8. The van der Waals surface area contributed by atoms with E-state index in [9.17, 15) is 0 Å². The lowest BCUT2D eigenvalue weighted by molar-refractivity contribution is 0.674. The summed E-state index contributed by atoms with van der Waals surface area (Å²) < 4.78 is 9.51. The molecule has 53 heavy (non-hydrogen) atoms. The summed E-state index contributed by atoms with van der Waals surface area (Å²) in [7, 11) is 0. The lowest BCUT2D eigenvalue weighted by Gasteiger charge is -2.26. The monoisotopic (exact) mass is 693 g/mol. The van der Waals surface area contributed by atoms with Crippen molar-refractivity contribution in [3.63, 3.8) is 0 Å². The zero-order valence-corrected chi connectivity index (χ0v) is 29.5. The minimum atomic E-state index is 0.917. The molecule has 0 unspecified atom stereocenters. The Labute approximate surface area is 310 Å². The SMILES string of the molecule is c1ccc(N(c2ccc(-c3ccc4sc5ccccc5c4c3)cc2)c2ccc(-c3cccc4c3oc3c4ccc4ccc5ccccc5c43)cc2)cc1. The van der Waals surface area contributed by atoms with E-state index in [0.29, 0.717) is 0 Å². The van der Waals surface area contributed by atoms with Crippen molar-refractivity contribution in [3.8, 4) is 22.3 Å². The second kappa shape index (κ2) is 11.9. The molecule has 0 fully saturated rings. The summed E-state index contributed by atoms with van der Waals surface area (Å²) in [6.07, 6.45) is 0. The number of thiophene rings is 1. The Morgan fingerprint density at radius 2 is 0.962 bits per heavy atom. The van der Waals surface area contributed by atoms with Crippen LogP contribution in [0.15, 0.2) is 192 Å². The van der Waals surface area contributed by atoms with Gasteiger partial charge in [-0.15, -0.1) is 11.3 Å². The molecule has 2 heterocycles. The van der Waals surface area contributed by atoms with E-state index < -0.39 is 0 Å². The van der Waals surface area contributed by atoms with E-state index in [4.69, 9.17) is 4.42 Å². The lowest BCUT2D eigenvalue weighted by atomic mass is 9.98. The molecule has 0 spiro atoms. The van der Waals surface area contributed by atoms with Crippen LogP contribution < -0.4 is 4.90 Å². The number of rotatable bonds is 5. The fourth-order valence-corrected chi connectivity index (χ4v) is 9.18. The van der Waals surface area contributed by atoms with E-state index in [1.807, 2.05) is 11.3 Å². The van der Waals surface area contributed by atoms with Gasteiger partial charge < -0.3 is 9.32 Å². The van der Waals surface area contributed by atoms with Crippen molar-refractivity contribution >= 4 is 92.1 Å². The van der Waals surface area contributed by atoms with E-state index in [1.165, 1.54) is 52.8 Å². The van der Waals surface area contributed by atoms with Gasteiger partial charge in [0.2, 0.25) is 0 Å². The molecule has 11 rings (SSSR count). The molecule has 11 aromatic rings. The van der Waals surface area contributed by atoms with Crippen molar-refractivity contribution in [3.05, 3.63) is 188 Å². The molecule has 2 aromatic heterocycles. The molecule has 0 aliphatic rings. The van der Waals surface area contributed by atoms with Crippen molar-refractivity contribution in [2.75, 3.05) is 4.90 Å². The highest BCUT2D eigenvalue weighted by Gasteiger charge is 2.18. The summed E-state index contributed by atoms with van der Waals surface area (Å²) in [4.78, 5) is 2.32. The van der Waals surface area contributed by atoms with Crippen LogP contribution in [0.4, 0.5) is 17.1 Å². The van der Waals surface area contributed by atoms with Crippen molar-refractivity contribution in [2.45, 2.75) is 0 Å². The number of para-hydroxylation sites is 2. The van der Waals surface area contributed by atoms with Gasteiger partial charge in [0.15, 0.2) is 0 Å². The van der Waals surface area contributed by atoms with Gasteiger partial charge in [-0.25, -0.2) is 0 Å². The Kier molecular flexibility index (Phi) is 6.76. The highest BCUT2D eigenvalue weighted by atomic mass is 32.1. The highest BCUT2D eigenvalue weighted by Crippen LogP contribution is 2.43. The molecular formula is C50H31NOS. The summed E-state index contributed by atoms with van der Waals surface area (Å²) in [6, 6.07) is 67.8. The molecule has 0 bridgehead atoms. The van der Waals surface area contributed by atoms with Gasteiger partial charge in [-0.3, -0.25) is 0 Å². The topological polar surface area (TPSA) is 16.4 Å². The number of hydrogen-bond acceptors (Lipinski definition) is 3. The third-order valence-electron chi connectivity index (χ3n) is 10.7. The maximum Gasteiger partial charge on any atom is 0.143 e. The van der Waals surface area contributed by atoms with Gasteiger partial charge in [0.25, 0.3) is 0 Å². The first-order chi connectivity index (χ1) is 26.3. The number of benzene rings is 9. The van der Waals surface area contributed by atoms with Gasteiger partial charge >= 0.3 is 0 Å². The summed E-state index contributed by atoms with van der Waals surface area (Å²) in [6.45, 7) is 0. The van der Waals surface area contributed by atoms with Gasteiger partial charge in [0.05, 0.1) is 0 Å². The van der Waals surface area contributed by atoms with Crippen molar-refractivity contribution in [1.29, 1.82) is 0 Å². The number of nitrogens with zero attached hydrogens (tertiary/aromatic N) is 1. The van der Waals surface area contributed by atoms with Crippen LogP contribution in [0.2, 0.25) is 0 Å². The van der Waals surface area contributed by atoms with Gasteiger partial charge in [-0.05, 0) is 93.5 Å². The molecule has 0 atom stereocenters. The fourth-order valence-electron chi connectivity index (χ4n) is 8.09. The quantitative estimate of drug-likeness (QED) is 0.167. The molecule has 248 valence electrons. The molecule has 0 amide bonds. The van der Waals surface area contributed by atoms with Crippen LogP contribution in [-0.4, -0.2) is 0 Å². The zero-order chi connectivity index (χ0) is 34.9. The van der Waals surface area contributed by atoms with Gasteiger partial charge in [-0.1, -0.05) is 127 Å². The van der Waals surface area contributed by atoms with E-state index in [1.54, 1.807) is 0 Å². The number of anilines is 3. The predicted octanol–water partition coefficient (Wildman–Crippen LogP) is 15.1. The van der Waals surface area contributed by atoms with Crippen LogP contribution in [0.3, 0.4) is 0 Å². The standard InChI is InChI=1S/C50H31NOS/c1-2-10-37(11-3-1)51(38-25-19-32(20-26-38)36-24-30-47-45(31-36)42-13-6-7-16-46(42)53-47)39-27-21-34(22-28-39)41-14-8-15-43-44-29-23-35-18-17-33-9-4-5-12-40(33)48(35)50(44)52-49(41)43/h1-31H. The largest absolute Gasteiger partial charge is 0.455 e. The van der Waals surface area contributed by atoms with Crippen LogP contribution in [0.1, 0.15) is 0 Å². The van der Waals surface area contributed by atoms with Gasteiger partial charge in [0.1, 0.15) is 11.2 Å². The molecule has 2 nitrogen and oxygen atoms in total. The van der Waals surface area contributed by atoms with Crippen LogP contribution in [0, 0.1) is 0 Å². The second-order valence-electron chi connectivity index (χ2n) is 13.7. The van der Waals surface area contributed by atoms with Crippen molar-refractivity contribution < 1.29 is 4.42 Å². The van der Waals surface area contributed by atoms with E-state index in [2.05, 4.69) is 193 Å². The highest BCUT2D eigenvalue weighted by molar-refractivity contribution is 7.25. The molecule has 0 saturated heterocycles. The van der Waals surface area contributed by atoms with Crippen LogP contribution in [0.25, 0.3) is 85.9 Å². The number of fused-ring (bicyclic) bond motifs is 10. The Morgan fingerprint density at radius 1 is 0.358 bits per heavy atom. The molecule has 0 N–H and O–H groups in total. The van der Waals surface area contributed by atoms with Gasteiger partial charge in [-0.2, -0.15) is 0 Å². The molecule has 0 radical (unpaired) electrons. The van der Waals surface area contributed by atoms with Gasteiger partial charge in [0, 0.05) is 59.0 Å². The van der Waals surface area contributed by atoms with Crippen LogP contribution >= 0.6 is 11.3 Å². The number of furan rings is 1. The van der Waals surface area contributed by atoms with Crippen LogP contribution in [0.5, 0.6) is 0 Å². The molecule has 9 aromatic carbocycles. The molecule has 0 aliphatic heterocycles. The predicted molar refractivity (Wildman–Crippen MR) is 227 cm³/mol. The van der Waals surface area contributed by atoms with Crippen LogP contribution in [-0.2, 0) is 0 Å². The number of hydrogen-bond donors (Lipinski definition) is 0. The van der Waals surface area contributed by atoms with E-state index in [-0.39, 0.29) is 0 Å². The summed E-state index contributed by atoms with van der Waals surface area (Å²) in [5.41, 5.74) is 9.80. The maximum atomic E-state index is 6.85. The minimum absolute atomic E-state index is 0.917. The maximum absolute atomic E-state index is 6.85. The third-order valence-corrected chi connectivity index (χ3v) is 11.8. The van der Waals surface area contributed by atoms with E-state index in [0.717, 1.165) is 50.1 Å². The second-order valence-corrected chi connectivity index (χ2v) is 14.8. The summed E-state index contributed by atoms with van der Waals surface area (Å²) in [5.74, 6) is 0. The first-order valence-corrected chi connectivity index (χ1v) is 18.8. The minimum Gasteiger partial charge on any atom is -0.455 e. The Bertz CT molecular complexity index is 3150. The average molecular weight is 694 g/mol. The van der Waals surface area contributed by atoms with Crippen molar-refractivity contribution in [2.24, 2.45) is 0 Å². The fraction of sp³-hybridized carbons (Fsp3) is 0. The average Bonchev–Trinajstić information content (AvgIpc) is 3.80. The molecular weight excluding hydrogens is 663 g/mol. The Balaban J connectivity index is 0.982. The molecule has 0 saturated carbocycles. The first kappa shape index (κ1) is 30.0. The lowest BCUT2D eigenvalue weighted by Crippen LogP contribution is -2.09. The summed E-state index contributed by atoms with van der Waals surface area (Å²) in [5, 5.41) is 9.71. The Hall–Kier alpha value is -6.68. The third kappa shape index (κ3) is 4.86. The first-order valence-electron chi connectivity index (χ1n) is 18.0. The summed E-state index contributed by atoms with van der Waals surface area (Å²) >= 11 is 1.86. The van der Waals surface area contributed by atoms with E-state index >= 15 is 0 Å². The smallest absolute Gasteiger partial charge is 0.143 e.